The van der Waals surface area contributed by atoms with Crippen molar-refractivity contribution in [3.05, 3.63) is 35.4 Å². The Morgan fingerprint density at radius 2 is 1.89 bits per heavy atom. The highest BCUT2D eigenvalue weighted by Gasteiger charge is 2.28. The van der Waals surface area contributed by atoms with E-state index in [1.54, 1.807) is 0 Å². The van der Waals surface area contributed by atoms with Crippen LogP contribution in [0.15, 0.2) is 24.3 Å². The van der Waals surface area contributed by atoms with E-state index < -0.39 is 12.0 Å². The van der Waals surface area contributed by atoms with Gasteiger partial charge in [0.15, 0.2) is 0 Å². The summed E-state index contributed by atoms with van der Waals surface area (Å²) in [4.78, 5) is 11.2. The van der Waals surface area contributed by atoms with Crippen LogP contribution in [0.1, 0.15) is 44.7 Å². The van der Waals surface area contributed by atoms with Crippen molar-refractivity contribution in [3.8, 4) is 0 Å². The molecule has 1 atom stereocenters. The van der Waals surface area contributed by atoms with E-state index in [1.807, 2.05) is 12.1 Å². The molecule has 0 radical (unpaired) electrons. The van der Waals surface area contributed by atoms with Crippen molar-refractivity contribution < 1.29 is 9.90 Å². The molecule has 0 aliphatic heterocycles. The van der Waals surface area contributed by atoms with Gasteiger partial charge in [-0.05, 0) is 35.8 Å². The summed E-state index contributed by atoms with van der Waals surface area (Å²) in [5.74, 6) is -0.758. The normalized spacial score (nSPS) is 17.2. The monoisotopic (exact) mass is 261 g/mol. The number of carboxylic acid groups (broad SMARTS) is 1. The van der Waals surface area contributed by atoms with Crippen LogP contribution in [-0.4, -0.2) is 23.2 Å². The summed E-state index contributed by atoms with van der Waals surface area (Å²) in [7, 11) is 0. The Morgan fingerprint density at radius 1 is 1.32 bits per heavy atom. The van der Waals surface area contributed by atoms with Gasteiger partial charge in [0.25, 0.3) is 0 Å². The summed E-state index contributed by atoms with van der Waals surface area (Å²) in [5.41, 5.74) is 2.49. The van der Waals surface area contributed by atoms with E-state index in [4.69, 9.17) is 0 Å². The molecule has 1 aliphatic rings. The van der Waals surface area contributed by atoms with E-state index in [-0.39, 0.29) is 5.41 Å². The maximum Gasteiger partial charge on any atom is 0.321 e. The first-order valence-corrected chi connectivity index (χ1v) is 6.94. The molecule has 3 nitrogen and oxygen atoms in total. The minimum absolute atomic E-state index is 0.136. The maximum absolute atomic E-state index is 11.2. The van der Waals surface area contributed by atoms with Crippen LogP contribution in [0.3, 0.4) is 0 Å². The molecule has 2 rings (SSSR count). The fourth-order valence-electron chi connectivity index (χ4n) is 2.13. The molecule has 2 N–H and O–H groups in total. The Kier molecular flexibility index (Phi) is 3.95. The van der Waals surface area contributed by atoms with Gasteiger partial charge in [-0.3, -0.25) is 4.79 Å². The van der Waals surface area contributed by atoms with Gasteiger partial charge in [0.05, 0.1) is 0 Å². The second-order valence-corrected chi connectivity index (χ2v) is 6.48. The zero-order chi connectivity index (χ0) is 14.0. The van der Waals surface area contributed by atoms with Crippen molar-refractivity contribution in [1.29, 1.82) is 0 Å². The third-order valence-electron chi connectivity index (χ3n) is 3.57. The van der Waals surface area contributed by atoms with Crippen molar-refractivity contribution in [3.63, 3.8) is 0 Å². The lowest BCUT2D eigenvalue weighted by Gasteiger charge is -2.20. The van der Waals surface area contributed by atoms with E-state index in [0.717, 1.165) is 18.4 Å². The van der Waals surface area contributed by atoms with E-state index in [0.29, 0.717) is 12.5 Å². The number of hydrogen-bond acceptors (Lipinski definition) is 2. The van der Waals surface area contributed by atoms with Crippen LogP contribution < -0.4 is 5.32 Å². The Morgan fingerprint density at radius 3 is 2.32 bits per heavy atom. The summed E-state index contributed by atoms with van der Waals surface area (Å²) < 4.78 is 0. The highest BCUT2D eigenvalue weighted by Crippen LogP contribution is 2.23. The van der Waals surface area contributed by atoms with Crippen LogP contribution >= 0.6 is 0 Å². The molecule has 0 spiro atoms. The molecule has 0 amide bonds. The zero-order valence-electron chi connectivity index (χ0n) is 11.9. The summed E-state index contributed by atoms with van der Waals surface area (Å²) in [6, 6.07) is 8.25. The van der Waals surface area contributed by atoms with E-state index in [2.05, 4.69) is 38.2 Å². The SMILES string of the molecule is CC(C)(C)c1ccc(CC(NC2CC2)C(=O)O)cc1. The third-order valence-corrected chi connectivity index (χ3v) is 3.57. The van der Waals surface area contributed by atoms with Crippen LogP contribution in [0.2, 0.25) is 0 Å². The van der Waals surface area contributed by atoms with Gasteiger partial charge in [-0.2, -0.15) is 0 Å². The Bertz CT molecular complexity index is 441. The summed E-state index contributed by atoms with van der Waals surface area (Å²) in [6.45, 7) is 6.53. The number of benzene rings is 1. The molecule has 1 aromatic rings. The van der Waals surface area contributed by atoms with Crippen LogP contribution in [0, 0.1) is 0 Å². The molecule has 0 saturated heterocycles. The minimum atomic E-state index is -0.758. The van der Waals surface area contributed by atoms with Crippen molar-refractivity contribution in [2.45, 2.75) is 57.5 Å². The quantitative estimate of drug-likeness (QED) is 0.857. The Hall–Kier alpha value is -1.35. The number of aliphatic carboxylic acids is 1. The van der Waals surface area contributed by atoms with Gasteiger partial charge in [-0.25, -0.2) is 0 Å². The van der Waals surface area contributed by atoms with E-state index >= 15 is 0 Å². The zero-order valence-corrected chi connectivity index (χ0v) is 11.9. The van der Waals surface area contributed by atoms with Gasteiger partial charge >= 0.3 is 5.97 Å². The molecule has 0 aromatic heterocycles. The first-order chi connectivity index (χ1) is 8.86. The lowest BCUT2D eigenvalue weighted by molar-refractivity contribution is -0.139. The standard InChI is InChI=1S/C16H23NO2/c1-16(2,3)12-6-4-11(5-7-12)10-14(15(18)19)17-13-8-9-13/h4-7,13-14,17H,8-10H2,1-3H3,(H,18,19). The number of carboxylic acids is 1. The summed E-state index contributed by atoms with van der Waals surface area (Å²) in [6.07, 6.45) is 2.76. The molecule has 1 aliphatic carbocycles. The molecule has 1 unspecified atom stereocenters. The molecule has 1 aromatic carbocycles. The van der Waals surface area contributed by atoms with Crippen molar-refractivity contribution in [2.75, 3.05) is 0 Å². The van der Waals surface area contributed by atoms with Gasteiger partial charge in [-0.1, -0.05) is 45.0 Å². The number of hydrogen-bond donors (Lipinski definition) is 2. The molecule has 0 bridgehead atoms. The molecular weight excluding hydrogens is 238 g/mol. The van der Waals surface area contributed by atoms with Gasteiger partial charge < -0.3 is 10.4 Å². The molecule has 104 valence electrons. The predicted molar refractivity (Wildman–Crippen MR) is 76.4 cm³/mol. The largest absolute Gasteiger partial charge is 0.480 e. The van der Waals surface area contributed by atoms with Crippen LogP contribution in [0.5, 0.6) is 0 Å². The van der Waals surface area contributed by atoms with Gasteiger partial charge in [0.1, 0.15) is 6.04 Å². The second kappa shape index (κ2) is 5.33. The molecule has 3 heteroatoms. The van der Waals surface area contributed by atoms with Crippen LogP contribution in [0.25, 0.3) is 0 Å². The van der Waals surface area contributed by atoms with Gasteiger partial charge in [-0.15, -0.1) is 0 Å². The van der Waals surface area contributed by atoms with Crippen molar-refractivity contribution in [1.82, 2.24) is 5.32 Å². The fraction of sp³-hybridized carbons (Fsp3) is 0.562. The van der Waals surface area contributed by atoms with Crippen molar-refractivity contribution >= 4 is 5.97 Å². The average Bonchev–Trinajstić information content (AvgIpc) is 3.11. The molecule has 1 saturated carbocycles. The summed E-state index contributed by atoms with van der Waals surface area (Å²) >= 11 is 0. The lowest BCUT2D eigenvalue weighted by Crippen LogP contribution is -2.39. The molecule has 19 heavy (non-hydrogen) atoms. The minimum Gasteiger partial charge on any atom is -0.480 e. The molecular formula is C16H23NO2. The van der Waals surface area contributed by atoms with Crippen molar-refractivity contribution in [2.24, 2.45) is 0 Å². The highest BCUT2D eigenvalue weighted by molar-refractivity contribution is 5.74. The topological polar surface area (TPSA) is 49.3 Å². The Labute approximate surface area is 115 Å². The highest BCUT2D eigenvalue weighted by atomic mass is 16.4. The van der Waals surface area contributed by atoms with Crippen LogP contribution in [-0.2, 0) is 16.6 Å². The number of rotatable bonds is 5. The first-order valence-electron chi connectivity index (χ1n) is 6.94. The average molecular weight is 261 g/mol. The fourth-order valence-corrected chi connectivity index (χ4v) is 2.13. The smallest absolute Gasteiger partial charge is 0.321 e. The van der Waals surface area contributed by atoms with E-state index in [1.165, 1.54) is 5.56 Å². The first kappa shape index (κ1) is 14.1. The second-order valence-electron chi connectivity index (χ2n) is 6.48. The molecule has 1 fully saturated rings. The van der Waals surface area contributed by atoms with Gasteiger partial charge in [0.2, 0.25) is 0 Å². The number of carbonyl (C=O) groups is 1. The van der Waals surface area contributed by atoms with Crippen LogP contribution in [0.4, 0.5) is 0 Å². The maximum atomic E-state index is 11.2. The van der Waals surface area contributed by atoms with Gasteiger partial charge in [0, 0.05) is 6.04 Å². The molecule has 0 heterocycles. The van der Waals surface area contributed by atoms with E-state index in [9.17, 15) is 9.90 Å². The Balaban J connectivity index is 2.02. The lowest BCUT2D eigenvalue weighted by atomic mass is 9.86. The third kappa shape index (κ3) is 4.06. The predicted octanol–water partition coefficient (Wildman–Crippen LogP) is 2.73. The summed E-state index contributed by atoms with van der Waals surface area (Å²) in [5, 5.41) is 12.4. The number of nitrogens with one attached hydrogen (secondary N) is 1.